The highest BCUT2D eigenvalue weighted by Gasteiger charge is 2.15. The van der Waals surface area contributed by atoms with Crippen molar-refractivity contribution in [3.8, 4) is 0 Å². The summed E-state index contributed by atoms with van der Waals surface area (Å²) in [6.45, 7) is 3.47. The van der Waals surface area contributed by atoms with Gasteiger partial charge >= 0.3 is 6.03 Å². The topological polar surface area (TPSA) is 103 Å². The molecule has 0 spiro atoms. The SMILES string of the molecule is CCCn1cc(NC(=O)N[C@@H](CCn2cncn2)c2ccccc2)nn1. The highest BCUT2D eigenvalue weighted by atomic mass is 16.2. The third-order valence-corrected chi connectivity index (χ3v) is 3.85. The summed E-state index contributed by atoms with van der Waals surface area (Å²) >= 11 is 0. The lowest BCUT2D eigenvalue weighted by Gasteiger charge is -2.19. The Morgan fingerprint density at radius 1 is 1.19 bits per heavy atom. The molecule has 2 heterocycles. The molecule has 26 heavy (non-hydrogen) atoms. The minimum atomic E-state index is -0.319. The van der Waals surface area contributed by atoms with E-state index in [2.05, 4.69) is 38.0 Å². The third-order valence-electron chi connectivity index (χ3n) is 3.85. The van der Waals surface area contributed by atoms with Gasteiger partial charge in [-0.25, -0.2) is 9.78 Å². The molecule has 136 valence electrons. The number of benzene rings is 1. The average Bonchev–Trinajstić information content (AvgIpc) is 3.32. The molecule has 0 fully saturated rings. The molecule has 0 radical (unpaired) electrons. The Bertz CT molecular complexity index is 799. The maximum absolute atomic E-state index is 12.4. The van der Waals surface area contributed by atoms with Crippen molar-refractivity contribution in [2.24, 2.45) is 0 Å². The minimum absolute atomic E-state index is 0.161. The molecule has 0 aliphatic heterocycles. The lowest BCUT2D eigenvalue weighted by molar-refractivity contribution is 0.247. The second-order valence-electron chi connectivity index (χ2n) is 5.88. The van der Waals surface area contributed by atoms with Crippen LogP contribution in [0.15, 0.2) is 49.2 Å². The number of hydrogen-bond acceptors (Lipinski definition) is 5. The highest BCUT2D eigenvalue weighted by Crippen LogP contribution is 2.17. The molecule has 1 aromatic carbocycles. The maximum atomic E-state index is 12.4. The van der Waals surface area contributed by atoms with Crippen LogP contribution in [-0.2, 0) is 13.1 Å². The summed E-state index contributed by atoms with van der Waals surface area (Å²) in [7, 11) is 0. The van der Waals surface area contributed by atoms with E-state index in [9.17, 15) is 4.79 Å². The summed E-state index contributed by atoms with van der Waals surface area (Å²) in [4.78, 5) is 16.3. The van der Waals surface area contributed by atoms with Crippen molar-refractivity contribution in [3.05, 3.63) is 54.7 Å². The lowest BCUT2D eigenvalue weighted by atomic mass is 10.0. The van der Waals surface area contributed by atoms with E-state index in [1.807, 2.05) is 30.3 Å². The molecule has 0 bridgehead atoms. The van der Waals surface area contributed by atoms with Gasteiger partial charge in [-0.2, -0.15) is 5.10 Å². The Morgan fingerprint density at radius 3 is 2.77 bits per heavy atom. The quantitative estimate of drug-likeness (QED) is 0.646. The Labute approximate surface area is 151 Å². The van der Waals surface area contributed by atoms with Crippen LogP contribution in [0.25, 0.3) is 0 Å². The molecule has 9 heteroatoms. The molecular formula is C17H22N8O. The van der Waals surface area contributed by atoms with E-state index in [4.69, 9.17) is 0 Å². The van der Waals surface area contributed by atoms with Crippen molar-refractivity contribution in [2.45, 2.75) is 38.9 Å². The van der Waals surface area contributed by atoms with Crippen LogP contribution < -0.4 is 10.6 Å². The van der Waals surface area contributed by atoms with Gasteiger partial charge in [0.2, 0.25) is 0 Å². The Kier molecular flexibility index (Phi) is 5.92. The van der Waals surface area contributed by atoms with Crippen LogP contribution in [-0.4, -0.2) is 35.8 Å². The van der Waals surface area contributed by atoms with Crippen LogP contribution in [0.3, 0.4) is 0 Å². The Morgan fingerprint density at radius 2 is 2.04 bits per heavy atom. The number of nitrogens with one attached hydrogen (secondary N) is 2. The van der Waals surface area contributed by atoms with E-state index < -0.39 is 0 Å². The van der Waals surface area contributed by atoms with Gasteiger partial charge in [-0.05, 0) is 18.4 Å². The van der Waals surface area contributed by atoms with Crippen molar-refractivity contribution in [3.63, 3.8) is 0 Å². The second kappa shape index (κ2) is 8.75. The zero-order valence-electron chi connectivity index (χ0n) is 14.6. The van der Waals surface area contributed by atoms with Crippen LogP contribution in [0.5, 0.6) is 0 Å². The molecule has 2 amide bonds. The Balaban J connectivity index is 1.63. The van der Waals surface area contributed by atoms with Gasteiger partial charge in [0.15, 0.2) is 5.82 Å². The number of nitrogens with zero attached hydrogens (tertiary/aromatic N) is 6. The molecule has 0 unspecified atom stereocenters. The zero-order chi connectivity index (χ0) is 18.2. The number of hydrogen-bond donors (Lipinski definition) is 2. The first-order valence-electron chi connectivity index (χ1n) is 8.59. The van der Waals surface area contributed by atoms with Gasteiger partial charge in [0, 0.05) is 13.1 Å². The lowest BCUT2D eigenvalue weighted by Crippen LogP contribution is -2.33. The van der Waals surface area contributed by atoms with Crippen LogP contribution in [0, 0.1) is 0 Å². The summed E-state index contributed by atoms with van der Waals surface area (Å²) in [5.41, 5.74) is 1.03. The summed E-state index contributed by atoms with van der Waals surface area (Å²) in [5, 5.41) is 17.8. The van der Waals surface area contributed by atoms with Crippen molar-refractivity contribution in [1.29, 1.82) is 0 Å². The number of carbonyl (C=O) groups is 1. The van der Waals surface area contributed by atoms with Gasteiger partial charge in [0.25, 0.3) is 0 Å². The van der Waals surface area contributed by atoms with Crippen LogP contribution in [0.2, 0.25) is 0 Å². The van der Waals surface area contributed by atoms with Gasteiger partial charge in [-0.3, -0.25) is 14.7 Å². The zero-order valence-corrected chi connectivity index (χ0v) is 14.6. The fourth-order valence-corrected chi connectivity index (χ4v) is 2.62. The van der Waals surface area contributed by atoms with Gasteiger partial charge in [0.05, 0.1) is 12.2 Å². The molecule has 2 aromatic heterocycles. The van der Waals surface area contributed by atoms with Gasteiger partial charge in [0.1, 0.15) is 12.7 Å². The standard InChI is InChI=1S/C17H22N8O/c1-2-9-24-11-16(22-23-24)21-17(26)20-15(14-6-4-3-5-7-14)8-10-25-13-18-12-19-25/h3-7,11-13,15H,2,8-10H2,1H3,(H2,20,21,26)/t15-/m0/s1. The van der Waals surface area contributed by atoms with Crippen molar-refractivity contribution < 1.29 is 4.79 Å². The molecule has 0 aliphatic rings. The number of rotatable bonds is 8. The third kappa shape index (κ3) is 4.88. The predicted octanol–water partition coefficient (Wildman–Crippen LogP) is 2.23. The molecule has 3 aromatic rings. The molecule has 9 nitrogen and oxygen atoms in total. The first-order valence-corrected chi connectivity index (χ1v) is 8.59. The predicted molar refractivity (Wildman–Crippen MR) is 96.3 cm³/mol. The Hall–Kier alpha value is -3.23. The van der Waals surface area contributed by atoms with Crippen molar-refractivity contribution >= 4 is 11.8 Å². The smallest absolute Gasteiger partial charge is 0.320 e. The first-order chi connectivity index (χ1) is 12.7. The molecular weight excluding hydrogens is 332 g/mol. The monoisotopic (exact) mass is 354 g/mol. The number of urea groups is 1. The fourth-order valence-electron chi connectivity index (χ4n) is 2.62. The van der Waals surface area contributed by atoms with Gasteiger partial charge in [-0.15, -0.1) is 5.10 Å². The number of aryl methyl sites for hydroxylation is 2. The summed E-state index contributed by atoms with van der Waals surface area (Å²) in [5.74, 6) is 0.430. The van der Waals surface area contributed by atoms with Crippen molar-refractivity contribution in [1.82, 2.24) is 35.1 Å². The van der Waals surface area contributed by atoms with E-state index in [1.165, 1.54) is 6.33 Å². The van der Waals surface area contributed by atoms with E-state index in [1.54, 1.807) is 21.9 Å². The maximum Gasteiger partial charge on any atom is 0.320 e. The largest absolute Gasteiger partial charge is 0.331 e. The first kappa shape index (κ1) is 17.6. The average molecular weight is 354 g/mol. The normalized spacial score (nSPS) is 11.9. The van der Waals surface area contributed by atoms with Crippen LogP contribution in [0.4, 0.5) is 10.6 Å². The number of amides is 2. The van der Waals surface area contributed by atoms with Crippen LogP contribution in [0.1, 0.15) is 31.4 Å². The summed E-state index contributed by atoms with van der Waals surface area (Å²) in [6.07, 6.45) is 6.51. The molecule has 3 rings (SSSR count). The number of aromatic nitrogens is 6. The molecule has 1 atom stereocenters. The number of anilines is 1. The van der Waals surface area contributed by atoms with Gasteiger partial charge < -0.3 is 5.32 Å². The number of carbonyl (C=O) groups excluding carboxylic acids is 1. The minimum Gasteiger partial charge on any atom is -0.331 e. The second-order valence-corrected chi connectivity index (χ2v) is 5.88. The van der Waals surface area contributed by atoms with Gasteiger partial charge in [-0.1, -0.05) is 42.5 Å². The van der Waals surface area contributed by atoms with E-state index >= 15 is 0 Å². The molecule has 2 N–H and O–H groups in total. The molecule has 0 saturated carbocycles. The van der Waals surface area contributed by atoms with Crippen LogP contribution >= 0.6 is 0 Å². The fraction of sp³-hybridized carbons (Fsp3) is 0.353. The molecule has 0 saturated heterocycles. The highest BCUT2D eigenvalue weighted by molar-refractivity contribution is 5.88. The van der Waals surface area contributed by atoms with E-state index in [0.717, 1.165) is 18.5 Å². The molecule has 0 aliphatic carbocycles. The van der Waals surface area contributed by atoms with Crippen molar-refractivity contribution in [2.75, 3.05) is 5.32 Å². The summed E-state index contributed by atoms with van der Waals surface area (Å²) in [6, 6.07) is 9.35. The van der Waals surface area contributed by atoms with E-state index in [-0.39, 0.29) is 12.1 Å². The summed E-state index contributed by atoms with van der Waals surface area (Å²) < 4.78 is 3.45. The van der Waals surface area contributed by atoms with E-state index in [0.29, 0.717) is 18.8 Å².